The molecule has 0 spiro atoms. The quantitative estimate of drug-likeness (QED) is 0.770. The first-order valence-electron chi connectivity index (χ1n) is 6.61. The number of ether oxygens (including phenoxy) is 1. The molecule has 0 aliphatic heterocycles. The molecule has 3 rings (SSSR count). The van der Waals surface area contributed by atoms with Crippen LogP contribution in [0, 0.1) is 6.92 Å². The highest BCUT2D eigenvalue weighted by molar-refractivity contribution is 5.91. The van der Waals surface area contributed by atoms with Crippen LogP contribution in [0.25, 0.3) is 10.9 Å². The minimum atomic E-state index is 0.252. The zero-order valence-corrected chi connectivity index (χ0v) is 11.9. The van der Waals surface area contributed by atoms with Crippen LogP contribution < -0.4 is 15.8 Å². The van der Waals surface area contributed by atoms with Gasteiger partial charge in [0.15, 0.2) is 0 Å². The number of hydrogen-bond acceptors (Lipinski definition) is 5. The second-order valence-corrected chi connectivity index (χ2v) is 4.75. The topological polar surface area (TPSA) is 73.1 Å². The molecule has 5 nitrogen and oxygen atoms in total. The Hall–Kier alpha value is -2.82. The number of nitrogens with one attached hydrogen (secondary N) is 1. The molecule has 0 atom stereocenters. The van der Waals surface area contributed by atoms with Gasteiger partial charge < -0.3 is 15.8 Å². The van der Waals surface area contributed by atoms with Crippen molar-refractivity contribution in [1.29, 1.82) is 0 Å². The van der Waals surface area contributed by atoms with Crippen LogP contribution in [0.4, 0.5) is 17.5 Å². The molecule has 2 aromatic carbocycles. The van der Waals surface area contributed by atoms with Gasteiger partial charge in [-0.3, -0.25) is 0 Å². The van der Waals surface area contributed by atoms with Crippen LogP contribution >= 0.6 is 0 Å². The molecule has 0 unspecified atom stereocenters. The Morgan fingerprint density at radius 3 is 2.67 bits per heavy atom. The van der Waals surface area contributed by atoms with Gasteiger partial charge >= 0.3 is 0 Å². The van der Waals surface area contributed by atoms with Gasteiger partial charge in [-0.15, -0.1) is 0 Å². The van der Waals surface area contributed by atoms with Crippen LogP contribution in [0.3, 0.4) is 0 Å². The molecular formula is C16H16N4O. The molecule has 1 heterocycles. The molecule has 0 fully saturated rings. The van der Waals surface area contributed by atoms with E-state index in [0.29, 0.717) is 5.82 Å². The summed E-state index contributed by atoms with van der Waals surface area (Å²) in [5.41, 5.74) is 8.62. The highest BCUT2D eigenvalue weighted by atomic mass is 16.5. The number of nitrogens with zero attached hydrogens (tertiary/aromatic N) is 2. The molecular weight excluding hydrogens is 264 g/mol. The van der Waals surface area contributed by atoms with Gasteiger partial charge in [0.2, 0.25) is 5.95 Å². The van der Waals surface area contributed by atoms with Gasteiger partial charge in [-0.2, -0.15) is 4.98 Å². The average molecular weight is 280 g/mol. The third-order valence-electron chi connectivity index (χ3n) is 3.31. The lowest BCUT2D eigenvalue weighted by Gasteiger charge is -2.12. The van der Waals surface area contributed by atoms with Crippen LogP contribution in [-0.4, -0.2) is 17.1 Å². The van der Waals surface area contributed by atoms with Crippen molar-refractivity contribution in [3.05, 3.63) is 48.0 Å². The Morgan fingerprint density at radius 2 is 1.90 bits per heavy atom. The van der Waals surface area contributed by atoms with E-state index in [9.17, 15) is 0 Å². The summed E-state index contributed by atoms with van der Waals surface area (Å²) < 4.78 is 5.22. The van der Waals surface area contributed by atoms with E-state index >= 15 is 0 Å². The van der Waals surface area contributed by atoms with Crippen LogP contribution in [0.1, 0.15) is 5.56 Å². The number of nitrogens with two attached hydrogens (primary N) is 1. The van der Waals surface area contributed by atoms with Crippen molar-refractivity contribution in [1.82, 2.24) is 9.97 Å². The van der Waals surface area contributed by atoms with Gasteiger partial charge in [-0.05, 0) is 42.8 Å². The van der Waals surface area contributed by atoms with E-state index < -0.39 is 0 Å². The predicted octanol–water partition coefficient (Wildman–Crippen LogP) is 3.27. The summed E-state index contributed by atoms with van der Waals surface area (Å²) >= 11 is 0. The molecule has 0 radical (unpaired) electrons. The number of aromatic nitrogens is 2. The van der Waals surface area contributed by atoms with Crippen molar-refractivity contribution in [3.63, 3.8) is 0 Å². The molecule has 0 aliphatic rings. The van der Waals surface area contributed by atoms with Gasteiger partial charge in [-0.1, -0.05) is 12.1 Å². The van der Waals surface area contributed by atoms with E-state index in [-0.39, 0.29) is 5.95 Å². The second kappa shape index (κ2) is 5.28. The van der Waals surface area contributed by atoms with E-state index in [1.807, 2.05) is 49.4 Å². The summed E-state index contributed by atoms with van der Waals surface area (Å²) in [5.74, 6) is 1.78. The molecule has 3 aromatic rings. The fourth-order valence-electron chi connectivity index (χ4n) is 2.22. The largest absolute Gasteiger partial charge is 0.497 e. The van der Waals surface area contributed by atoms with Crippen molar-refractivity contribution in [3.8, 4) is 5.75 Å². The fourth-order valence-corrected chi connectivity index (χ4v) is 2.22. The van der Waals surface area contributed by atoms with E-state index in [1.54, 1.807) is 7.11 Å². The highest BCUT2D eigenvalue weighted by Crippen LogP contribution is 2.27. The lowest BCUT2D eigenvalue weighted by molar-refractivity contribution is 0.414. The van der Waals surface area contributed by atoms with Gasteiger partial charge in [0.05, 0.1) is 12.6 Å². The first-order chi connectivity index (χ1) is 10.2. The zero-order valence-electron chi connectivity index (χ0n) is 11.9. The maximum Gasteiger partial charge on any atom is 0.222 e. The Bertz CT molecular complexity index is 801. The third-order valence-corrected chi connectivity index (χ3v) is 3.31. The second-order valence-electron chi connectivity index (χ2n) is 4.75. The maximum atomic E-state index is 5.78. The number of para-hydroxylation sites is 1. The number of rotatable bonds is 3. The molecule has 0 saturated carbocycles. The zero-order chi connectivity index (χ0) is 14.8. The van der Waals surface area contributed by atoms with E-state index in [4.69, 9.17) is 10.5 Å². The van der Waals surface area contributed by atoms with E-state index in [0.717, 1.165) is 27.9 Å². The predicted molar refractivity (Wildman–Crippen MR) is 85.0 cm³/mol. The number of nitrogen functional groups attached to an aromatic ring is 1. The third kappa shape index (κ3) is 2.58. The molecule has 0 amide bonds. The van der Waals surface area contributed by atoms with Gasteiger partial charge in [0, 0.05) is 11.1 Å². The number of anilines is 3. The average Bonchev–Trinajstić information content (AvgIpc) is 2.49. The Balaban J connectivity index is 2.05. The molecule has 106 valence electrons. The molecule has 0 bridgehead atoms. The number of fused-ring (bicyclic) bond motifs is 1. The Kier molecular flexibility index (Phi) is 3.31. The lowest BCUT2D eigenvalue weighted by Crippen LogP contribution is -2.02. The molecule has 0 saturated heterocycles. The number of methoxy groups -OCH3 is 1. The molecule has 5 heteroatoms. The summed E-state index contributed by atoms with van der Waals surface area (Å²) in [6.07, 6.45) is 0. The van der Waals surface area contributed by atoms with Crippen molar-refractivity contribution in [2.24, 2.45) is 0 Å². The molecule has 3 N–H and O–H groups in total. The van der Waals surface area contributed by atoms with Crippen molar-refractivity contribution in [2.45, 2.75) is 6.92 Å². The number of benzene rings is 2. The Morgan fingerprint density at radius 1 is 1.10 bits per heavy atom. The maximum absolute atomic E-state index is 5.78. The summed E-state index contributed by atoms with van der Waals surface area (Å²) in [6, 6.07) is 13.6. The van der Waals surface area contributed by atoms with Crippen molar-refractivity contribution >= 4 is 28.4 Å². The minimum absolute atomic E-state index is 0.252. The standard InChI is InChI=1S/C16H16N4O/c1-10-9-11(21-2)7-8-13(10)18-15-12-5-3-4-6-14(12)19-16(17)20-15/h3-9H,1-2H3,(H3,17,18,19,20). The minimum Gasteiger partial charge on any atom is -0.497 e. The monoisotopic (exact) mass is 280 g/mol. The molecule has 1 aromatic heterocycles. The van der Waals surface area contributed by atoms with Gasteiger partial charge in [0.1, 0.15) is 11.6 Å². The highest BCUT2D eigenvalue weighted by Gasteiger charge is 2.08. The summed E-state index contributed by atoms with van der Waals surface area (Å²) in [4.78, 5) is 8.54. The first kappa shape index (κ1) is 13.2. The molecule has 21 heavy (non-hydrogen) atoms. The normalized spacial score (nSPS) is 10.6. The number of aryl methyl sites for hydroxylation is 1. The molecule has 0 aliphatic carbocycles. The smallest absolute Gasteiger partial charge is 0.222 e. The SMILES string of the molecule is COc1ccc(Nc2nc(N)nc3ccccc23)c(C)c1. The summed E-state index contributed by atoms with van der Waals surface area (Å²) in [6.45, 7) is 2.01. The first-order valence-corrected chi connectivity index (χ1v) is 6.61. The van der Waals surface area contributed by atoms with Crippen molar-refractivity contribution in [2.75, 3.05) is 18.2 Å². The fraction of sp³-hybridized carbons (Fsp3) is 0.125. The van der Waals surface area contributed by atoms with Crippen LogP contribution in [-0.2, 0) is 0 Å². The van der Waals surface area contributed by atoms with Gasteiger partial charge in [-0.25, -0.2) is 4.98 Å². The van der Waals surface area contributed by atoms with E-state index in [1.165, 1.54) is 0 Å². The summed E-state index contributed by atoms with van der Waals surface area (Å²) in [5, 5.41) is 4.25. The van der Waals surface area contributed by atoms with Crippen LogP contribution in [0.5, 0.6) is 5.75 Å². The van der Waals surface area contributed by atoms with Gasteiger partial charge in [0.25, 0.3) is 0 Å². The number of hydrogen-bond donors (Lipinski definition) is 2. The lowest BCUT2D eigenvalue weighted by atomic mass is 10.1. The summed E-state index contributed by atoms with van der Waals surface area (Å²) in [7, 11) is 1.65. The van der Waals surface area contributed by atoms with Crippen LogP contribution in [0.15, 0.2) is 42.5 Å². The van der Waals surface area contributed by atoms with E-state index in [2.05, 4.69) is 15.3 Å². The Labute approximate surface area is 122 Å². The van der Waals surface area contributed by atoms with Crippen LogP contribution in [0.2, 0.25) is 0 Å². The van der Waals surface area contributed by atoms with Crippen molar-refractivity contribution < 1.29 is 4.74 Å².